The summed E-state index contributed by atoms with van der Waals surface area (Å²) in [6, 6.07) is 9.53. The molecular formula is C19H26N2O3. The van der Waals surface area contributed by atoms with Crippen LogP contribution in [-0.4, -0.2) is 53.0 Å². The molecule has 2 fully saturated rings. The molecule has 0 radical (unpaired) electrons. The van der Waals surface area contributed by atoms with Gasteiger partial charge in [0.1, 0.15) is 6.04 Å². The molecule has 1 aliphatic heterocycles. The van der Waals surface area contributed by atoms with Gasteiger partial charge >= 0.3 is 5.97 Å². The number of carbonyl (C=O) groups excluding carboxylic acids is 1. The van der Waals surface area contributed by atoms with Gasteiger partial charge in [-0.05, 0) is 31.2 Å². The molecule has 130 valence electrons. The molecule has 1 N–H and O–H groups in total. The number of carboxylic acids is 1. The van der Waals surface area contributed by atoms with E-state index < -0.39 is 17.4 Å². The Morgan fingerprint density at radius 3 is 2.75 bits per heavy atom. The second-order valence-electron chi connectivity index (χ2n) is 7.33. The number of hydrogen-bond donors (Lipinski definition) is 1. The summed E-state index contributed by atoms with van der Waals surface area (Å²) in [6.07, 6.45) is 3.00. The van der Waals surface area contributed by atoms with Crippen molar-refractivity contribution in [2.24, 2.45) is 11.3 Å². The number of rotatable bonds is 5. The summed E-state index contributed by atoms with van der Waals surface area (Å²) in [5.74, 6) is -0.594. The van der Waals surface area contributed by atoms with Crippen molar-refractivity contribution in [3.63, 3.8) is 0 Å². The van der Waals surface area contributed by atoms with Gasteiger partial charge in [-0.3, -0.25) is 9.69 Å². The Kier molecular flexibility index (Phi) is 4.63. The number of likely N-dealkylation sites (N-methyl/N-ethyl adjacent to an activating group) is 1. The van der Waals surface area contributed by atoms with Gasteiger partial charge in [0.15, 0.2) is 0 Å². The third-order valence-corrected chi connectivity index (χ3v) is 5.87. The van der Waals surface area contributed by atoms with Gasteiger partial charge in [-0.1, -0.05) is 36.8 Å². The lowest BCUT2D eigenvalue weighted by atomic mass is 9.79. The van der Waals surface area contributed by atoms with Crippen LogP contribution >= 0.6 is 0 Å². The molecule has 1 saturated carbocycles. The van der Waals surface area contributed by atoms with Crippen molar-refractivity contribution < 1.29 is 14.7 Å². The van der Waals surface area contributed by atoms with E-state index in [4.69, 9.17) is 0 Å². The number of nitrogens with zero attached hydrogens (tertiary/aromatic N) is 2. The maximum Gasteiger partial charge on any atom is 0.326 e. The van der Waals surface area contributed by atoms with Gasteiger partial charge in [-0.25, -0.2) is 4.79 Å². The van der Waals surface area contributed by atoms with Crippen LogP contribution in [0.15, 0.2) is 30.3 Å². The Balaban J connectivity index is 1.75. The standard InChI is InChI=1S/C19H26N2O3/c1-14(17(22)23)20(2)18(24)19-10-6-9-16(19)12-21(13-19)11-15-7-4-3-5-8-15/h3-5,7-8,14,16H,6,9-13H2,1-2H3,(H,22,23)/t14?,16-,19-/m1/s1. The minimum atomic E-state index is -0.948. The zero-order valence-electron chi connectivity index (χ0n) is 14.4. The van der Waals surface area contributed by atoms with Crippen LogP contribution in [-0.2, 0) is 16.1 Å². The summed E-state index contributed by atoms with van der Waals surface area (Å²) in [4.78, 5) is 28.2. The molecule has 1 heterocycles. The molecule has 1 unspecified atom stereocenters. The predicted molar refractivity (Wildman–Crippen MR) is 91.4 cm³/mol. The summed E-state index contributed by atoms with van der Waals surface area (Å²) in [7, 11) is 1.63. The molecule has 0 spiro atoms. The number of amides is 1. The van der Waals surface area contributed by atoms with Crippen molar-refractivity contribution in [2.45, 2.75) is 38.8 Å². The number of likely N-dealkylation sites (tertiary alicyclic amines) is 1. The average molecular weight is 330 g/mol. The van der Waals surface area contributed by atoms with Gasteiger partial charge < -0.3 is 10.0 Å². The molecule has 5 nitrogen and oxygen atoms in total. The van der Waals surface area contributed by atoms with Gasteiger partial charge in [0, 0.05) is 26.7 Å². The van der Waals surface area contributed by atoms with Crippen LogP contribution in [0.25, 0.3) is 0 Å². The van der Waals surface area contributed by atoms with E-state index in [0.717, 1.165) is 38.9 Å². The zero-order chi connectivity index (χ0) is 17.3. The Hall–Kier alpha value is -1.88. The summed E-state index contributed by atoms with van der Waals surface area (Å²) in [5, 5.41) is 9.22. The number of hydrogen-bond acceptors (Lipinski definition) is 3. The molecule has 24 heavy (non-hydrogen) atoms. The van der Waals surface area contributed by atoms with Crippen LogP contribution in [0, 0.1) is 11.3 Å². The Morgan fingerprint density at radius 2 is 2.08 bits per heavy atom. The van der Waals surface area contributed by atoms with Gasteiger partial charge in [0.05, 0.1) is 5.41 Å². The van der Waals surface area contributed by atoms with Gasteiger partial charge in [0.2, 0.25) is 5.91 Å². The van der Waals surface area contributed by atoms with E-state index in [1.54, 1.807) is 14.0 Å². The molecule has 3 rings (SSSR count). The van der Waals surface area contributed by atoms with Crippen molar-refractivity contribution in [3.05, 3.63) is 35.9 Å². The summed E-state index contributed by atoms with van der Waals surface area (Å²) in [5.41, 5.74) is 0.861. The number of aliphatic carboxylic acids is 1. The lowest BCUT2D eigenvalue weighted by Crippen LogP contribution is -2.50. The molecular weight excluding hydrogens is 304 g/mol. The number of carboxylic acid groups (broad SMARTS) is 1. The summed E-state index contributed by atoms with van der Waals surface area (Å²) >= 11 is 0. The van der Waals surface area contributed by atoms with Crippen molar-refractivity contribution in [3.8, 4) is 0 Å². The SMILES string of the molecule is CC(C(=O)O)N(C)C(=O)[C@@]12CCC[C@@H]1CN(Cc1ccccc1)C2. The van der Waals surface area contributed by atoms with E-state index in [0.29, 0.717) is 5.92 Å². The molecule has 0 aromatic heterocycles. The van der Waals surface area contributed by atoms with Crippen LogP contribution < -0.4 is 0 Å². The first-order chi connectivity index (χ1) is 11.4. The van der Waals surface area contributed by atoms with Gasteiger partial charge in [0.25, 0.3) is 0 Å². The largest absolute Gasteiger partial charge is 0.480 e. The summed E-state index contributed by atoms with van der Waals surface area (Å²) in [6.45, 7) is 4.10. The smallest absolute Gasteiger partial charge is 0.326 e. The molecule has 2 aliphatic rings. The van der Waals surface area contributed by atoms with E-state index in [-0.39, 0.29) is 5.91 Å². The quantitative estimate of drug-likeness (QED) is 0.899. The van der Waals surface area contributed by atoms with Crippen LogP contribution in [0.2, 0.25) is 0 Å². The highest BCUT2D eigenvalue weighted by molar-refractivity contribution is 5.88. The van der Waals surface area contributed by atoms with E-state index >= 15 is 0 Å². The van der Waals surface area contributed by atoms with Crippen molar-refractivity contribution in [1.82, 2.24) is 9.80 Å². The highest BCUT2D eigenvalue weighted by Crippen LogP contribution is 2.50. The molecule has 1 aliphatic carbocycles. The minimum absolute atomic E-state index is 0.00969. The normalized spacial score (nSPS) is 27.7. The predicted octanol–water partition coefficient (Wildman–Crippen LogP) is 2.22. The Morgan fingerprint density at radius 1 is 1.38 bits per heavy atom. The van der Waals surface area contributed by atoms with E-state index in [1.165, 1.54) is 10.5 Å². The van der Waals surface area contributed by atoms with Crippen LogP contribution in [0.5, 0.6) is 0 Å². The first kappa shape index (κ1) is 17.0. The third-order valence-electron chi connectivity index (χ3n) is 5.87. The summed E-state index contributed by atoms with van der Waals surface area (Å²) < 4.78 is 0. The number of fused-ring (bicyclic) bond motifs is 1. The second kappa shape index (κ2) is 6.55. The molecule has 1 amide bonds. The third kappa shape index (κ3) is 2.93. The van der Waals surface area contributed by atoms with Crippen LogP contribution in [0.4, 0.5) is 0 Å². The van der Waals surface area contributed by atoms with Crippen molar-refractivity contribution >= 4 is 11.9 Å². The average Bonchev–Trinajstić information content (AvgIpc) is 3.11. The molecule has 0 bridgehead atoms. The minimum Gasteiger partial charge on any atom is -0.480 e. The first-order valence-corrected chi connectivity index (χ1v) is 8.70. The van der Waals surface area contributed by atoms with E-state index in [2.05, 4.69) is 17.0 Å². The fraction of sp³-hybridized carbons (Fsp3) is 0.579. The highest BCUT2D eigenvalue weighted by Gasteiger charge is 2.55. The zero-order valence-corrected chi connectivity index (χ0v) is 14.4. The van der Waals surface area contributed by atoms with E-state index in [9.17, 15) is 14.7 Å². The fourth-order valence-electron chi connectivity index (χ4n) is 4.40. The van der Waals surface area contributed by atoms with Crippen molar-refractivity contribution in [2.75, 3.05) is 20.1 Å². The molecule has 5 heteroatoms. The fourth-order valence-corrected chi connectivity index (χ4v) is 4.40. The molecule has 1 aromatic rings. The molecule has 1 saturated heterocycles. The lowest BCUT2D eigenvalue weighted by molar-refractivity contribution is -0.153. The maximum atomic E-state index is 13.1. The van der Waals surface area contributed by atoms with Crippen LogP contribution in [0.3, 0.4) is 0 Å². The monoisotopic (exact) mass is 330 g/mol. The number of benzene rings is 1. The maximum absolute atomic E-state index is 13.1. The first-order valence-electron chi connectivity index (χ1n) is 8.70. The Bertz CT molecular complexity index is 618. The van der Waals surface area contributed by atoms with Crippen LogP contribution in [0.1, 0.15) is 31.7 Å². The second-order valence-corrected chi connectivity index (χ2v) is 7.33. The van der Waals surface area contributed by atoms with Gasteiger partial charge in [-0.2, -0.15) is 0 Å². The highest BCUT2D eigenvalue weighted by atomic mass is 16.4. The lowest BCUT2D eigenvalue weighted by Gasteiger charge is -2.34. The topological polar surface area (TPSA) is 60.9 Å². The molecule has 1 aromatic carbocycles. The van der Waals surface area contributed by atoms with E-state index in [1.807, 2.05) is 18.2 Å². The number of carbonyl (C=O) groups is 2. The molecule has 3 atom stereocenters. The van der Waals surface area contributed by atoms with Gasteiger partial charge in [-0.15, -0.1) is 0 Å². The Labute approximate surface area is 143 Å². The van der Waals surface area contributed by atoms with Crippen molar-refractivity contribution in [1.29, 1.82) is 0 Å².